The van der Waals surface area contributed by atoms with E-state index in [9.17, 15) is 13.0 Å². The molecular weight excluding hydrogens is 528 g/mol. The van der Waals surface area contributed by atoms with E-state index in [1.165, 1.54) is 4.68 Å². The summed E-state index contributed by atoms with van der Waals surface area (Å²) in [7, 11) is -2.24. The largest absolute Gasteiger partial charge is 0.0440 e. The molecule has 1 aliphatic carbocycles. The van der Waals surface area contributed by atoms with Gasteiger partial charge in [0.25, 0.3) is 0 Å². The number of imidazole rings is 1. The van der Waals surface area contributed by atoms with Gasteiger partial charge in [0.15, 0.2) is 0 Å². The zero-order valence-electron chi connectivity index (χ0n) is 22.2. The average molecular weight is 560 g/mol. The molecular formula is C29H31N6O4S+. The number of ether oxygens (including phenoxy) is 1. The second kappa shape index (κ2) is 10.9. The Bertz CT molecular complexity index is 1700. The van der Waals surface area contributed by atoms with E-state index in [0.717, 1.165) is 29.7 Å². The van der Waals surface area contributed by atoms with Crippen molar-refractivity contribution in [2.24, 2.45) is 5.41 Å². The molecule has 4 aromatic rings. The number of nitrogens with zero attached hydrogens (tertiary/aromatic N) is 5. The van der Waals surface area contributed by atoms with Crippen molar-refractivity contribution in [3.63, 3.8) is 0 Å². The van der Waals surface area contributed by atoms with Crippen molar-refractivity contribution < 1.29 is 13.0 Å². The SMILES string of the molecule is CC1(COc2c(N3CCNC(c4cc(-n5ccnc5)ccc4CS(=O)#[O+])C3)cnn(-c3ccccc3)c2=O)CC1. The van der Waals surface area contributed by atoms with Gasteiger partial charge in [-0.3, -0.25) is 0 Å². The van der Waals surface area contributed by atoms with Gasteiger partial charge in [0.1, 0.15) is 0 Å². The molecule has 1 N–H and O–H groups in total. The Morgan fingerprint density at radius 3 is 2.73 bits per heavy atom. The summed E-state index contributed by atoms with van der Waals surface area (Å²) in [4.78, 5) is 20.0. The van der Waals surface area contributed by atoms with E-state index in [0.29, 0.717) is 43.4 Å². The number of para-hydroxylation sites is 1. The molecule has 40 heavy (non-hydrogen) atoms. The summed E-state index contributed by atoms with van der Waals surface area (Å²) in [5.41, 5.74) is 3.62. The molecule has 11 heteroatoms. The fourth-order valence-electron chi connectivity index (χ4n) is 5.06. The summed E-state index contributed by atoms with van der Waals surface area (Å²) in [6, 6.07) is 14.9. The van der Waals surface area contributed by atoms with Gasteiger partial charge in [0.05, 0.1) is 0 Å². The molecule has 1 saturated carbocycles. The van der Waals surface area contributed by atoms with E-state index < -0.39 is 10.5 Å². The minimum Gasteiger partial charge on any atom is -0.0440 e. The maximum absolute atomic E-state index is 13.7. The second-order valence-electron chi connectivity index (χ2n) is 10.8. The van der Waals surface area contributed by atoms with Crippen LogP contribution in [0.5, 0.6) is 5.75 Å². The zero-order valence-corrected chi connectivity index (χ0v) is 23.0. The molecule has 1 atom stereocenters. The summed E-state index contributed by atoms with van der Waals surface area (Å²) < 4.78 is 32.9. The molecule has 2 aromatic carbocycles. The van der Waals surface area contributed by atoms with Crippen LogP contribution >= 0.6 is 0 Å². The van der Waals surface area contributed by atoms with Gasteiger partial charge in [0.2, 0.25) is 0 Å². The van der Waals surface area contributed by atoms with Gasteiger partial charge >= 0.3 is 184 Å². The first-order valence-corrected chi connectivity index (χ1v) is 14.6. The van der Waals surface area contributed by atoms with E-state index in [1.54, 1.807) is 18.7 Å². The van der Waals surface area contributed by atoms with E-state index in [2.05, 4.69) is 27.2 Å². The average Bonchev–Trinajstić information content (AvgIpc) is 3.45. The molecule has 1 saturated heterocycles. The van der Waals surface area contributed by atoms with Crippen molar-refractivity contribution in [3.8, 4) is 17.1 Å². The number of aromatic nitrogens is 4. The number of nitrogens with one attached hydrogen (secondary N) is 1. The molecule has 2 fully saturated rings. The van der Waals surface area contributed by atoms with E-state index in [1.807, 2.05) is 59.3 Å². The summed E-state index contributed by atoms with van der Waals surface area (Å²) in [5, 5.41) is 8.06. The monoisotopic (exact) mass is 559 g/mol. The number of piperazine rings is 1. The van der Waals surface area contributed by atoms with E-state index in [-0.39, 0.29) is 22.8 Å². The third kappa shape index (κ3) is 5.53. The molecule has 206 valence electrons. The van der Waals surface area contributed by atoms with Gasteiger partial charge in [-0.15, -0.1) is 0 Å². The summed E-state index contributed by atoms with van der Waals surface area (Å²) >= 11 is 0. The molecule has 0 radical (unpaired) electrons. The first-order valence-electron chi connectivity index (χ1n) is 13.4. The molecule has 1 aliphatic heterocycles. The molecule has 0 bridgehead atoms. The third-order valence-corrected chi connectivity index (χ3v) is 8.23. The van der Waals surface area contributed by atoms with Crippen LogP contribution in [0.25, 0.3) is 11.4 Å². The maximum atomic E-state index is 13.7. The van der Waals surface area contributed by atoms with Crippen LogP contribution < -0.4 is 20.5 Å². The second-order valence-corrected chi connectivity index (χ2v) is 11.7. The Morgan fingerprint density at radius 1 is 1.18 bits per heavy atom. The molecule has 6 rings (SSSR count). The zero-order chi connectivity index (χ0) is 27.7. The van der Waals surface area contributed by atoms with Crippen LogP contribution in [0, 0.1) is 5.41 Å². The Kier molecular flexibility index (Phi) is 7.18. The molecule has 2 aromatic heterocycles. The van der Waals surface area contributed by atoms with Crippen LogP contribution in [0.3, 0.4) is 0 Å². The van der Waals surface area contributed by atoms with Crippen molar-refractivity contribution in [2.45, 2.75) is 31.6 Å². The van der Waals surface area contributed by atoms with Gasteiger partial charge in [0, 0.05) is 0 Å². The first kappa shape index (κ1) is 26.3. The maximum Gasteiger partial charge on any atom is -0.0440 e. The first-order chi connectivity index (χ1) is 19.4. The van der Waals surface area contributed by atoms with Crippen molar-refractivity contribution in [2.75, 3.05) is 31.1 Å². The predicted octanol–water partition coefficient (Wildman–Crippen LogP) is 3.34. The summed E-state index contributed by atoms with van der Waals surface area (Å²) in [6.45, 7) is 4.43. The quantitative estimate of drug-likeness (QED) is 0.329. The Labute approximate surface area is 233 Å². The normalized spacial score (nSPS) is 17.9. The van der Waals surface area contributed by atoms with Crippen LogP contribution in [0.15, 0.2) is 78.2 Å². The Balaban J connectivity index is 1.36. The number of hydrogen-bond donors (Lipinski definition) is 1. The molecule has 0 spiro atoms. The fraction of sp³-hybridized carbons (Fsp3) is 0.345. The Hall–Kier alpha value is -3.93. The van der Waals surface area contributed by atoms with Gasteiger partial charge in [-0.25, -0.2) is 0 Å². The minimum atomic E-state index is -2.24. The molecule has 0 amide bonds. The van der Waals surface area contributed by atoms with Gasteiger partial charge in [-0.1, -0.05) is 25.1 Å². The fourth-order valence-corrected chi connectivity index (χ4v) is 5.58. The topological polar surface area (TPSA) is 114 Å². The van der Waals surface area contributed by atoms with Crippen molar-refractivity contribution in [1.82, 2.24) is 24.6 Å². The van der Waals surface area contributed by atoms with Crippen LogP contribution in [0.1, 0.15) is 36.9 Å². The van der Waals surface area contributed by atoms with Crippen LogP contribution in [0.4, 0.5) is 5.69 Å². The van der Waals surface area contributed by atoms with Crippen LogP contribution in [0.2, 0.25) is 0 Å². The van der Waals surface area contributed by atoms with Gasteiger partial charge in [-0.05, 0) is 25.0 Å². The van der Waals surface area contributed by atoms with Gasteiger partial charge in [-0.2, -0.15) is 0 Å². The predicted molar refractivity (Wildman–Crippen MR) is 152 cm³/mol. The summed E-state index contributed by atoms with van der Waals surface area (Å²) in [6.07, 6.45) is 9.12. The molecule has 10 nitrogen and oxygen atoms in total. The van der Waals surface area contributed by atoms with Crippen molar-refractivity contribution in [1.29, 1.82) is 0 Å². The standard InChI is InChI=1S/C29H31N6O4S/c1-29(9-10-29)19-39-27-26(16-32-35(28(27)36)22-5-3-2-4-6-22)33-14-12-31-25(17-33)24-15-23(34-13-11-30-20-34)8-7-21(24)18-40(37)38/h2-8,11,13,15-16,20,25,31H,9-10,12,14,17-19H2,1H3/q+1. The van der Waals surface area contributed by atoms with Crippen molar-refractivity contribution >= 4 is 16.2 Å². The number of hydrogen-bond acceptors (Lipinski definition) is 7. The van der Waals surface area contributed by atoms with Crippen LogP contribution in [-0.4, -0.2) is 49.8 Å². The van der Waals surface area contributed by atoms with Crippen LogP contribution in [-0.2, 0) is 20.3 Å². The number of benzene rings is 2. The Morgan fingerprint density at radius 2 is 2.00 bits per heavy atom. The van der Waals surface area contributed by atoms with E-state index >= 15 is 0 Å². The smallest absolute Gasteiger partial charge is 0.0440 e. The number of anilines is 1. The minimum absolute atomic E-state index is 0.0840. The number of rotatable bonds is 8. The third-order valence-electron chi connectivity index (χ3n) is 7.68. The molecule has 2 aliphatic rings. The van der Waals surface area contributed by atoms with E-state index in [4.69, 9.17) is 4.74 Å². The summed E-state index contributed by atoms with van der Waals surface area (Å²) in [5.74, 6) is 0.208. The molecule has 3 heterocycles. The van der Waals surface area contributed by atoms with Crippen molar-refractivity contribution in [3.05, 3.63) is 94.9 Å². The molecule has 1 unspecified atom stereocenters. The van der Waals surface area contributed by atoms with Gasteiger partial charge < -0.3 is 0 Å².